The Morgan fingerprint density at radius 1 is 1.08 bits per heavy atom. The van der Waals surface area contributed by atoms with Gasteiger partial charge in [0.15, 0.2) is 5.82 Å². The van der Waals surface area contributed by atoms with Gasteiger partial charge in [0.1, 0.15) is 5.82 Å². The lowest BCUT2D eigenvalue weighted by molar-refractivity contribution is 0.0651. The molecule has 8 heteroatoms. The molecule has 4 heterocycles. The summed E-state index contributed by atoms with van der Waals surface area (Å²) < 4.78 is 1.63. The van der Waals surface area contributed by atoms with Crippen molar-refractivity contribution in [3.63, 3.8) is 0 Å². The molecule has 0 saturated carbocycles. The molecule has 4 N–H and O–H groups in total. The van der Waals surface area contributed by atoms with Crippen molar-refractivity contribution in [3.05, 3.63) is 48.5 Å². The maximum Gasteiger partial charge on any atom is 0.255 e. The number of amides is 1. The lowest BCUT2D eigenvalue weighted by atomic mass is 10.1. The summed E-state index contributed by atoms with van der Waals surface area (Å²) in [4.78, 5) is 22.3. The van der Waals surface area contributed by atoms with Crippen molar-refractivity contribution < 1.29 is 4.79 Å². The Labute approximate surface area is 144 Å². The first-order valence-corrected chi connectivity index (χ1v) is 7.94. The maximum absolute atomic E-state index is 12.2. The first-order chi connectivity index (χ1) is 12.1. The van der Waals surface area contributed by atoms with Crippen LogP contribution in [0.2, 0.25) is 0 Å². The highest BCUT2D eigenvalue weighted by molar-refractivity contribution is 5.94. The van der Waals surface area contributed by atoms with Gasteiger partial charge in [0, 0.05) is 42.8 Å². The molecule has 4 rings (SSSR count). The van der Waals surface area contributed by atoms with Crippen LogP contribution in [0.1, 0.15) is 16.8 Å². The van der Waals surface area contributed by atoms with Crippen LogP contribution >= 0.6 is 0 Å². The summed E-state index contributed by atoms with van der Waals surface area (Å²) in [5.41, 5.74) is 14.3. The number of carbonyl (C=O) groups excluding carboxylic acids is 1. The van der Waals surface area contributed by atoms with Crippen molar-refractivity contribution >= 4 is 17.4 Å². The van der Waals surface area contributed by atoms with E-state index in [0.29, 0.717) is 17.1 Å². The molecule has 0 radical (unpaired) electrons. The molecule has 126 valence electrons. The van der Waals surface area contributed by atoms with E-state index in [9.17, 15) is 4.79 Å². The predicted molar refractivity (Wildman–Crippen MR) is 93.9 cm³/mol. The molecule has 25 heavy (non-hydrogen) atoms. The van der Waals surface area contributed by atoms with E-state index >= 15 is 0 Å². The molecular weight excluding hydrogens is 318 g/mol. The number of hydrogen-bond donors (Lipinski definition) is 2. The zero-order valence-electron chi connectivity index (χ0n) is 13.5. The van der Waals surface area contributed by atoms with Crippen LogP contribution < -0.4 is 11.5 Å². The highest BCUT2D eigenvalue weighted by Gasteiger charge is 2.21. The molecule has 1 saturated heterocycles. The maximum atomic E-state index is 12.2. The van der Waals surface area contributed by atoms with Crippen molar-refractivity contribution in [2.24, 2.45) is 0 Å². The van der Waals surface area contributed by atoms with E-state index in [2.05, 4.69) is 15.1 Å². The molecule has 0 bridgehead atoms. The second kappa shape index (κ2) is 5.90. The predicted octanol–water partition coefficient (Wildman–Crippen LogP) is 1.34. The molecule has 0 atom stereocenters. The minimum atomic E-state index is 0.0199. The third-order valence-electron chi connectivity index (χ3n) is 4.29. The summed E-state index contributed by atoms with van der Waals surface area (Å²) >= 11 is 0. The fraction of sp³-hybridized carbons (Fsp3) is 0.176. The Bertz CT molecular complexity index is 928. The fourth-order valence-electron chi connectivity index (χ4n) is 2.68. The first-order valence-electron chi connectivity index (χ1n) is 7.94. The van der Waals surface area contributed by atoms with Crippen molar-refractivity contribution in [1.82, 2.24) is 24.6 Å². The van der Waals surface area contributed by atoms with Crippen LogP contribution in [0.5, 0.6) is 0 Å². The smallest absolute Gasteiger partial charge is 0.255 e. The third-order valence-corrected chi connectivity index (χ3v) is 4.29. The number of pyridine rings is 2. The van der Waals surface area contributed by atoms with Gasteiger partial charge in [-0.05, 0) is 24.6 Å². The van der Waals surface area contributed by atoms with Crippen molar-refractivity contribution in [2.45, 2.75) is 6.42 Å². The number of carbonyl (C=O) groups is 1. The lowest BCUT2D eigenvalue weighted by Gasteiger charge is -2.30. The van der Waals surface area contributed by atoms with Gasteiger partial charge in [-0.15, -0.1) is 0 Å². The molecule has 0 aliphatic carbocycles. The first kappa shape index (κ1) is 15.1. The van der Waals surface area contributed by atoms with Gasteiger partial charge in [-0.1, -0.05) is 0 Å². The monoisotopic (exact) mass is 335 g/mol. The van der Waals surface area contributed by atoms with E-state index in [1.54, 1.807) is 46.4 Å². The minimum absolute atomic E-state index is 0.0199. The lowest BCUT2D eigenvalue weighted by Crippen LogP contribution is -2.42. The Balaban J connectivity index is 1.59. The number of likely N-dealkylation sites (tertiary alicyclic amines) is 1. The quantitative estimate of drug-likeness (QED) is 0.746. The number of aromatic nitrogens is 4. The molecule has 8 nitrogen and oxygen atoms in total. The van der Waals surface area contributed by atoms with Gasteiger partial charge < -0.3 is 16.4 Å². The number of nitrogen functional groups attached to an aromatic ring is 2. The third kappa shape index (κ3) is 2.67. The number of hydrogen-bond acceptors (Lipinski definition) is 6. The van der Waals surface area contributed by atoms with Gasteiger partial charge in [0.05, 0.1) is 17.4 Å². The van der Waals surface area contributed by atoms with E-state index in [0.717, 1.165) is 30.6 Å². The second-order valence-corrected chi connectivity index (χ2v) is 5.88. The molecule has 1 amide bonds. The summed E-state index contributed by atoms with van der Waals surface area (Å²) in [5, 5.41) is 4.31. The van der Waals surface area contributed by atoms with E-state index in [1.165, 1.54) is 0 Å². The average Bonchev–Trinajstić information content (AvgIpc) is 3.06. The van der Waals surface area contributed by atoms with Crippen molar-refractivity contribution in [2.75, 3.05) is 24.6 Å². The molecular formula is C17H17N7O. The molecule has 0 spiro atoms. The Morgan fingerprint density at radius 3 is 2.60 bits per heavy atom. The fourth-order valence-corrected chi connectivity index (χ4v) is 2.68. The van der Waals surface area contributed by atoms with E-state index in [-0.39, 0.29) is 11.7 Å². The topological polar surface area (TPSA) is 116 Å². The summed E-state index contributed by atoms with van der Waals surface area (Å²) in [6.07, 6.45) is 7.75. The van der Waals surface area contributed by atoms with Gasteiger partial charge in [-0.2, -0.15) is 5.10 Å². The zero-order valence-corrected chi connectivity index (χ0v) is 13.5. The van der Waals surface area contributed by atoms with Crippen LogP contribution in [0.3, 0.4) is 0 Å². The molecule has 1 aliphatic rings. The van der Waals surface area contributed by atoms with Gasteiger partial charge in [-0.3, -0.25) is 4.79 Å². The van der Waals surface area contributed by atoms with Gasteiger partial charge in [0.25, 0.3) is 5.91 Å². The number of rotatable bonds is 3. The summed E-state index contributed by atoms with van der Waals surface area (Å²) in [7, 11) is 0. The highest BCUT2D eigenvalue weighted by atomic mass is 16.2. The standard InChI is InChI=1S/C17H17N7O/c18-15-13(4-5-20-16(15)19)12-9-22-24(10-12)14-3-2-11(8-21-14)17(25)23-6-1-7-23/h2-5,8-10H,1,6-7,18H2,(H2,19,20). The largest absolute Gasteiger partial charge is 0.395 e. The normalized spacial score (nSPS) is 13.5. The zero-order chi connectivity index (χ0) is 17.4. The molecule has 3 aromatic rings. The van der Waals surface area contributed by atoms with Crippen molar-refractivity contribution in [1.29, 1.82) is 0 Å². The van der Waals surface area contributed by atoms with Crippen molar-refractivity contribution in [3.8, 4) is 16.9 Å². The summed E-state index contributed by atoms with van der Waals surface area (Å²) in [6, 6.07) is 5.33. The van der Waals surface area contributed by atoms with Crippen LogP contribution in [0, 0.1) is 0 Å². The summed E-state index contributed by atoms with van der Waals surface area (Å²) in [5.74, 6) is 0.927. The number of anilines is 2. The Hall–Kier alpha value is -3.42. The van der Waals surface area contributed by atoms with Crippen LogP contribution in [0.4, 0.5) is 11.5 Å². The molecule has 0 aromatic carbocycles. The number of nitrogens with zero attached hydrogens (tertiary/aromatic N) is 5. The van der Waals surface area contributed by atoms with Crippen LogP contribution in [-0.2, 0) is 0 Å². The van der Waals surface area contributed by atoms with Crippen LogP contribution in [-0.4, -0.2) is 43.6 Å². The second-order valence-electron chi connectivity index (χ2n) is 5.88. The Kier molecular flexibility index (Phi) is 3.57. The van der Waals surface area contributed by atoms with Crippen LogP contribution in [0.25, 0.3) is 16.9 Å². The molecule has 1 aliphatic heterocycles. The molecule has 0 unspecified atom stereocenters. The average molecular weight is 335 g/mol. The Morgan fingerprint density at radius 2 is 1.92 bits per heavy atom. The van der Waals surface area contributed by atoms with E-state index in [4.69, 9.17) is 11.5 Å². The molecule has 3 aromatic heterocycles. The summed E-state index contributed by atoms with van der Waals surface area (Å²) in [6.45, 7) is 1.64. The van der Waals surface area contributed by atoms with E-state index < -0.39 is 0 Å². The molecule has 1 fully saturated rings. The van der Waals surface area contributed by atoms with Gasteiger partial charge in [0.2, 0.25) is 0 Å². The SMILES string of the molecule is Nc1nccc(-c2cnn(-c3ccc(C(=O)N4CCC4)cn3)c2)c1N. The van der Waals surface area contributed by atoms with Gasteiger partial charge in [-0.25, -0.2) is 14.6 Å². The van der Waals surface area contributed by atoms with Gasteiger partial charge >= 0.3 is 0 Å². The number of nitrogens with two attached hydrogens (primary N) is 2. The van der Waals surface area contributed by atoms with E-state index in [1.807, 2.05) is 6.20 Å². The van der Waals surface area contributed by atoms with Crippen LogP contribution in [0.15, 0.2) is 43.0 Å². The minimum Gasteiger partial charge on any atom is -0.395 e. The highest BCUT2D eigenvalue weighted by Crippen LogP contribution is 2.28.